The number of ether oxygens (including phenoxy) is 2. The van der Waals surface area contributed by atoms with Crippen LogP contribution >= 0.6 is 0 Å². The molecule has 2 heterocycles. The van der Waals surface area contributed by atoms with Gasteiger partial charge in [-0.25, -0.2) is 9.97 Å². The number of hydrogen-bond acceptors (Lipinski definition) is 8. The quantitative estimate of drug-likeness (QED) is 0.433. The van der Waals surface area contributed by atoms with Gasteiger partial charge in [-0.1, -0.05) is 6.92 Å². The predicted molar refractivity (Wildman–Crippen MR) is 137 cm³/mol. The van der Waals surface area contributed by atoms with Crippen LogP contribution in [0.1, 0.15) is 43.4 Å². The first kappa shape index (κ1) is 23.6. The van der Waals surface area contributed by atoms with E-state index in [1.165, 1.54) is 12.8 Å². The molecule has 0 saturated heterocycles. The maximum absolute atomic E-state index is 9.84. The lowest BCUT2D eigenvalue weighted by Gasteiger charge is -2.24. The molecule has 2 N–H and O–H groups in total. The van der Waals surface area contributed by atoms with E-state index in [2.05, 4.69) is 40.7 Å². The van der Waals surface area contributed by atoms with Gasteiger partial charge in [0.15, 0.2) is 0 Å². The fourth-order valence-corrected chi connectivity index (χ4v) is 4.39. The summed E-state index contributed by atoms with van der Waals surface area (Å²) < 4.78 is 11.8. The summed E-state index contributed by atoms with van der Waals surface area (Å²) in [6.45, 7) is 6.68. The number of benzene rings is 2. The molecule has 0 unspecified atom stereocenters. The molecule has 1 aromatic heterocycles. The Hall–Kier alpha value is -4.14. The van der Waals surface area contributed by atoms with Crippen molar-refractivity contribution in [3.63, 3.8) is 0 Å². The Morgan fingerprint density at radius 1 is 1.17 bits per heavy atom. The third-order valence-corrected chi connectivity index (χ3v) is 6.67. The predicted octanol–water partition coefficient (Wildman–Crippen LogP) is 5.14. The van der Waals surface area contributed by atoms with E-state index in [0.29, 0.717) is 66.5 Å². The first-order chi connectivity index (χ1) is 17.5. The molecule has 8 heteroatoms. The van der Waals surface area contributed by atoms with Gasteiger partial charge in [0.1, 0.15) is 11.8 Å². The highest BCUT2D eigenvalue weighted by molar-refractivity contribution is 5.76. The number of rotatable bonds is 9. The van der Waals surface area contributed by atoms with Gasteiger partial charge >= 0.3 is 0 Å². The average Bonchev–Trinajstić information content (AvgIpc) is 3.68. The van der Waals surface area contributed by atoms with Gasteiger partial charge in [-0.3, -0.25) is 0 Å². The average molecular weight is 481 g/mol. The fraction of sp³-hybridized carbons (Fsp3) is 0.357. The number of anilines is 3. The van der Waals surface area contributed by atoms with Crippen LogP contribution in [0.5, 0.6) is 5.75 Å². The van der Waals surface area contributed by atoms with E-state index in [1.54, 1.807) is 24.4 Å². The van der Waals surface area contributed by atoms with Crippen LogP contribution in [-0.2, 0) is 10.2 Å². The Bertz CT molecular complexity index is 1370. The smallest absolute Gasteiger partial charge is 0.227 e. The summed E-state index contributed by atoms with van der Waals surface area (Å²) in [4.78, 5) is 9.12. The molecule has 0 spiro atoms. The number of hydrogen-bond donors (Lipinski definition) is 2. The highest BCUT2D eigenvalue weighted by atomic mass is 16.5. The van der Waals surface area contributed by atoms with Gasteiger partial charge in [0.25, 0.3) is 0 Å². The molecule has 0 bridgehead atoms. The summed E-state index contributed by atoms with van der Waals surface area (Å²) in [6.07, 6.45) is 4.06. The summed E-state index contributed by atoms with van der Waals surface area (Å²) in [5, 5.41) is 25.8. The van der Waals surface area contributed by atoms with Gasteiger partial charge in [-0.05, 0) is 67.6 Å². The van der Waals surface area contributed by atoms with E-state index in [-0.39, 0.29) is 5.41 Å². The van der Waals surface area contributed by atoms with Crippen molar-refractivity contribution >= 4 is 17.3 Å². The fourth-order valence-electron chi connectivity index (χ4n) is 4.39. The molecule has 1 fully saturated rings. The minimum atomic E-state index is -0.243. The van der Waals surface area contributed by atoms with Crippen LogP contribution in [0.25, 0.3) is 11.3 Å². The molecule has 1 aliphatic heterocycles. The van der Waals surface area contributed by atoms with E-state index in [4.69, 9.17) is 14.5 Å². The highest BCUT2D eigenvalue weighted by Gasteiger charge is 2.36. The van der Waals surface area contributed by atoms with Gasteiger partial charge in [0.05, 0.1) is 47.5 Å². The molecular weight excluding hydrogens is 452 g/mol. The van der Waals surface area contributed by atoms with Crippen molar-refractivity contribution in [2.75, 3.05) is 37.0 Å². The zero-order chi connectivity index (χ0) is 25.1. The second-order valence-corrected chi connectivity index (χ2v) is 9.58. The van der Waals surface area contributed by atoms with Crippen LogP contribution in [0, 0.1) is 28.6 Å². The van der Waals surface area contributed by atoms with Crippen LogP contribution in [0.2, 0.25) is 0 Å². The van der Waals surface area contributed by atoms with Crippen LogP contribution in [0.3, 0.4) is 0 Å². The van der Waals surface area contributed by atoms with Crippen molar-refractivity contribution in [1.29, 1.82) is 10.5 Å². The molecule has 2 aromatic carbocycles. The van der Waals surface area contributed by atoms with E-state index in [0.717, 1.165) is 16.8 Å². The number of nitrogens with one attached hydrogen (secondary N) is 2. The first-order valence-electron chi connectivity index (χ1n) is 12.2. The number of fused-ring (bicyclic) bond motifs is 1. The zero-order valence-corrected chi connectivity index (χ0v) is 20.5. The molecule has 0 radical (unpaired) electrons. The van der Waals surface area contributed by atoms with Crippen molar-refractivity contribution in [1.82, 2.24) is 9.97 Å². The van der Waals surface area contributed by atoms with Gasteiger partial charge in [-0.15, -0.1) is 0 Å². The molecular formula is C28H28N6O2. The summed E-state index contributed by atoms with van der Waals surface area (Å²) >= 11 is 0. The maximum Gasteiger partial charge on any atom is 0.227 e. The molecule has 182 valence electrons. The van der Waals surface area contributed by atoms with E-state index < -0.39 is 0 Å². The van der Waals surface area contributed by atoms with Crippen LogP contribution in [0.4, 0.5) is 17.3 Å². The molecule has 1 aliphatic carbocycles. The Labute approximate surface area is 210 Å². The first-order valence-corrected chi connectivity index (χ1v) is 12.2. The Morgan fingerprint density at radius 2 is 2.03 bits per heavy atom. The monoisotopic (exact) mass is 480 g/mol. The second-order valence-electron chi connectivity index (χ2n) is 9.58. The van der Waals surface area contributed by atoms with Crippen LogP contribution in [0.15, 0.2) is 42.6 Å². The molecule has 0 amide bonds. The van der Waals surface area contributed by atoms with Crippen molar-refractivity contribution in [3.05, 3.63) is 59.3 Å². The molecule has 8 nitrogen and oxygen atoms in total. The number of nitriles is 2. The highest BCUT2D eigenvalue weighted by Crippen LogP contribution is 2.41. The molecule has 3 aromatic rings. The minimum absolute atomic E-state index is 0.243. The Balaban J connectivity index is 1.47. The lowest BCUT2D eigenvalue weighted by atomic mass is 9.83. The lowest BCUT2D eigenvalue weighted by molar-refractivity contribution is 0.106. The molecule has 5 rings (SSSR count). The largest absolute Gasteiger partial charge is 0.491 e. The van der Waals surface area contributed by atoms with Crippen LogP contribution in [-0.4, -0.2) is 36.3 Å². The standard InChI is InChI=1S/C28H28N6O2/c1-3-35-17-28(2)16-32-26-21(14-30)11-20(12-22(26)28)23-8-9-31-27(33-23)34-24-10-19(13-29)6-7-25(24)36-15-18-4-5-18/h6-12,18,32H,3-5,15-17H2,1-2H3,(H,31,33,34)/t28-/m1/s1. The van der Waals surface area contributed by atoms with E-state index in [9.17, 15) is 10.5 Å². The molecule has 1 saturated carbocycles. The van der Waals surface area contributed by atoms with Crippen molar-refractivity contribution in [2.24, 2.45) is 5.92 Å². The summed E-state index contributed by atoms with van der Waals surface area (Å²) in [5.74, 6) is 1.65. The summed E-state index contributed by atoms with van der Waals surface area (Å²) in [6, 6.07) is 15.5. The van der Waals surface area contributed by atoms with Gasteiger partial charge in [-0.2, -0.15) is 10.5 Å². The Kier molecular flexibility index (Phi) is 6.45. The van der Waals surface area contributed by atoms with Crippen molar-refractivity contribution in [2.45, 2.75) is 32.1 Å². The third-order valence-electron chi connectivity index (χ3n) is 6.67. The normalized spacial score (nSPS) is 18.0. The third kappa shape index (κ3) is 4.82. The molecule has 36 heavy (non-hydrogen) atoms. The topological polar surface area (TPSA) is 116 Å². The van der Waals surface area contributed by atoms with Crippen molar-refractivity contribution in [3.8, 4) is 29.1 Å². The number of aromatic nitrogens is 2. The Morgan fingerprint density at radius 3 is 2.78 bits per heavy atom. The van der Waals surface area contributed by atoms with Gasteiger partial charge in [0.2, 0.25) is 5.95 Å². The van der Waals surface area contributed by atoms with Crippen LogP contribution < -0.4 is 15.4 Å². The maximum atomic E-state index is 9.84. The SMILES string of the molecule is CCOC[C@@]1(C)CNc2c(C#N)cc(-c3ccnc(Nc4cc(C#N)ccc4OCC4CC4)n3)cc21. The molecule has 1 atom stereocenters. The second kappa shape index (κ2) is 9.85. The molecule has 2 aliphatic rings. The van der Waals surface area contributed by atoms with E-state index >= 15 is 0 Å². The lowest BCUT2D eigenvalue weighted by Crippen LogP contribution is -2.30. The van der Waals surface area contributed by atoms with Crippen molar-refractivity contribution < 1.29 is 9.47 Å². The zero-order valence-electron chi connectivity index (χ0n) is 20.5. The minimum Gasteiger partial charge on any atom is -0.491 e. The van der Waals surface area contributed by atoms with Gasteiger partial charge < -0.3 is 20.1 Å². The van der Waals surface area contributed by atoms with E-state index in [1.807, 2.05) is 19.1 Å². The summed E-state index contributed by atoms with van der Waals surface area (Å²) in [7, 11) is 0. The summed E-state index contributed by atoms with van der Waals surface area (Å²) in [5.41, 5.74) is 4.93. The number of nitrogens with zero attached hydrogens (tertiary/aromatic N) is 4. The van der Waals surface area contributed by atoms with Gasteiger partial charge in [0, 0.05) is 30.3 Å².